The van der Waals surface area contributed by atoms with E-state index in [1.165, 1.54) is 11.6 Å². The second kappa shape index (κ2) is 8.99. The van der Waals surface area contributed by atoms with Crippen LogP contribution < -0.4 is 9.84 Å². The molecule has 0 radical (unpaired) electrons. The number of rotatable bonds is 8. The first kappa shape index (κ1) is 23.9. The van der Waals surface area contributed by atoms with Crippen molar-refractivity contribution in [3.63, 3.8) is 0 Å². The van der Waals surface area contributed by atoms with Crippen molar-refractivity contribution in [3.8, 4) is 5.75 Å². The molecular weight excluding hydrogens is 404 g/mol. The Morgan fingerprint density at radius 3 is 2.25 bits per heavy atom. The van der Waals surface area contributed by atoms with Crippen LogP contribution in [0, 0.1) is 12.3 Å². The summed E-state index contributed by atoms with van der Waals surface area (Å²) in [5, 5.41) is 22.2. The number of furan rings is 1. The average Bonchev–Trinajstić information content (AvgIpc) is 3.17. The molecule has 0 saturated carbocycles. The van der Waals surface area contributed by atoms with Crippen LogP contribution >= 0.6 is 0 Å². The van der Waals surface area contributed by atoms with Crippen molar-refractivity contribution in [1.82, 2.24) is 0 Å². The van der Waals surface area contributed by atoms with Crippen molar-refractivity contribution in [2.45, 2.75) is 65.9 Å². The molecule has 3 rings (SSSR count). The van der Waals surface area contributed by atoms with Crippen LogP contribution in [0.25, 0.3) is 11.0 Å². The van der Waals surface area contributed by atoms with Gasteiger partial charge in [-0.2, -0.15) is 0 Å². The summed E-state index contributed by atoms with van der Waals surface area (Å²) in [6, 6.07) is 13.6. The zero-order chi connectivity index (χ0) is 23.7. The Morgan fingerprint density at radius 1 is 1.06 bits per heavy atom. The number of benzene rings is 2. The summed E-state index contributed by atoms with van der Waals surface area (Å²) in [7, 11) is 0. The number of hydrogen-bond acceptors (Lipinski definition) is 5. The molecule has 0 aliphatic carbocycles. The van der Waals surface area contributed by atoms with Gasteiger partial charge in [0, 0.05) is 10.8 Å². The van der Waals surface area contributed by atoms with Gasteiger partial charge < -0.3 is 24.2 Å². The standard InChI is InChI=1S/C27H34O5/c1-7-27(8-2,20-10-12-22-18(14-20)15-23(32-22)25(29)30)19-9-11-21(17(3)13-19)31-16-24(28)26(4,5)6/h9-15,24,28H,7-8,16H2,1-6H3,(H,29,30)/p-1. The molecule has 1 atom stereocenters. The van der Waals surface area contributed by atoms with E-state index in [4.69, 9.17) is 9.15 Å². The topological polar surface area (TPSA) is 82.7 Å². The predicted octanol–water partition coefficient (Wildman–Crippen LogP) is 5.00. The number of aromatic carboxylic acids is 1. The highest BCUT2D eigenvalue weighted by Crippen LogP contribution is 2.41. The maximum absolute atomic E-state index is 11.2. The Labute approximate surface area is 190 Å². The van der Waals surface area contributed by atoms with Crippen LogP contribution in [-0.4, -0.2) is 23.8 Å². The molecule has 3 aromatic rings. The van der Waals surface area contributed by atoms with Gasteiger partial charge in [-0.25, -0.2) is 0 Å². The Hall–Kier alpha value is -2.79. The highest BCUT2D eigenvalue weighted by atomic mass is 16.5. The van der Waals surface area contributed by atoms with E-state index < -0.39 is 12.1 Å². The molecule has 0 bridgehead atoms. The molecular formula is C27H33O5-. The third kappa shape index (κ3) is 4.53. The Kier molecular flexibility index (Phi) is 6.70. The van der Waals surface area contributed by atoms with Crippen LogP contribution in [0.1, 0.15) is 74.7 Å². The van der Waals surface area contributed by atoms with Crippen molar-refractivity contribution in [3.05, 3.63) is 64.9 Å². The molecule has 0 saturated heterocycles. The number of hydrogen-bond donors (Lipinski definition) is 1. The molecule has 2 aromatic carbocycles. The molecule has 1 heterocycles. The van der Waals surface area contributed by atoms with E-state index in [-0.39, 0.29) is 23.2 Å². The van der Waals surface area contributed by atoms with Gasteiger partial charge in [-0.3, -0.25) is 0 Å². The third-order valence-electron chi connectivity index (χ3n) is 6.60. The van der Waals surface area contributed by atoms with Gasteiger partial charge in [-0.05, 0) is 66.1 Å². The lowest BCUT2D eigenvalue weighted by molar-refractivity contribution is -0.257. The van der Waals surface area contributed by atoms with Crippen LogP contribution in [-0.2, 0) is 5.41 Å². The van der Waals surface area contributed by atoms with Gasteiger partial charge in [0.1, 0.15) is 23.9 Å². The van der Waals surface area contributed by atoms with Gasteiger partial charge in [0.15, 0.2) is 5.76 Å². The molecule has 0 aliphatic heterocycles. The molecule has 1 N–H and O–H groups in total. The van der Waals surface area contributed by atoms with Gasteiger partial charge in [0.05, 0.1) is 6.10 Å². The van der Waals surface area contributed by atoms with Gasteiger partial charge in [-0.15, -0.1) is 0 Å². The largest absolute Gasteiger partial charge is 0.542 e. The van der Waals surface area contributed by atoms with Gasteiger partial charge in [0.2, 0.25) is 0 Å². The number of aliphatic hydroxyl groups excluding tert-OH is 1. The average molecular weight is 438 g/mol. The number of carboxylic acids is 1. The van der Waals surface area contributed by atoms with E-state index in [0.717, 1.165) is 35.1 Å². The molecule has 5 heteroatoms. The number of carbonyl (C=O) groups excluding carboxylic acids is 1. The summed E-state index contributed by atoms with van der Waals surface area (Å²) in [6.45, 7) is 12.5. The van der Waals surface area contributed by atoms with Crippen molar-refractivity contribution in [2.24, 2.45) is 5.41 Å². The lowest BCUT2D eigenvalue weighted by Crippen LogP contribution is -2.32. The number of fused-ring (bicyclic) bond motifs is 1. The summed E-state index contributed by atoms with van der Waals surface area (Å²) >= 11 is 0. The molecule has 0 aliphatic rings. The summed E-state index contributed by atoms with van der Waals surface area (Å²) in [6.07, 6.45) is 1.20. The summed E-state index contributed by atoms with van der Waals surface area (Å²) in [5.74, 6) is -0.713. The monoisotopic (exact) mass is 437 g/mol. The normalized spacial score (nSPS) is 13.3. The first-order valence-electron chi connectivity index (χ1n) is 11.2. The summed E-state index contributed by atoms with van der Waals surface area (Å²) < 4.78 is 11.3. The molecule has 32 heavy (non-hydrogen) atoms. The lowest BCUT2D eigenvalue weighted by Gasteiger charge is -2.34. The van der Waals surface area contributed by atoms with E-state index in [1.54, 1.807) is 0 Å². The fourth-order valence-corrected chi connectivity index (χ4v) is 4.20. The molecule has 0 amide bonds. The number of ether oxygens (including phenoxy) is 1. The molecule has 0 spiro atoms. The van der Waals surface area contributed by atoms with Crippen molar-refractivity contribution in [1.29, 1.82) is 0 Å². The SMILES string of the molecule is CCC(CC)(c1ccc(OCC(O)C(C)(C)C)c(C)c1)c1ccc2oc(C(=O)[O-])cc2c1. The van der Waals surface area contributed by atoms with Crippen LogP contribution in [0.4, 0.5) is 0 Å². The van der Waals surface area contributed by atoms with Gasteiger partial charge in [0.25, 0.3) is 0 Å². The first-order valence-corrected chi connectivity index (χ1v) is 11.2. The molecule has 1 unspecified atom stereocenters. The molecule has 5 nitrogen and oxygen atoms in total. The van der Waals surface area contributed by atoms with Crippen LogP contribution in [0.15, 0.2) is 46.9 Å². The number of carboxylic acid groups (broad SMARTS) is 1. The Morgan fingerprint density at radius 2 is 1.69 bits per heavy atom. The molecule has 1 aromatic heterocycles. The van der Waals surface area contributed by atoms with Crippen LogP contribution in [0.5, 0.6) is 5.75 Å². The summed E-state index contributed by atoms with van der Waals surface area (Å²) in [4.78, 5) is 11.2. The van der Waals surface area contributed by atoms with Crippen LogP contribution in [0.2, 0.25) is 0 Å². The second-order valence-electron chi connectivity index (χ2n) is 9.61. The fourth-order valence-electron chi connectivity index (χ4n) is 4.20. The Bertz CT molecular complexity index is 1100. The van der Waals surface area contributed by atoms with E-state index >= 15 is 0 Å². The number of aryl methyl sites for hydroxylation is 1. The number of carbonyl (C=O) groups is 1. The minimum Gasteiger partial charge on any atom is -0.542 e. The van der Waals surface area contributed by atoms with E-state index in [1.807, 2.05) is 52.0 Å². The van der Waals surface area contributed by atoms with Gasteiger partial charge in [-0.1, -0.05) is 52.8 Å². The van der Waals surface area contributed by atoms with Gasteiger partial charge >= 0.3 is 0 Å². The first-order chi connectivity index (χ1) is 15.0. The predicted molar refractivity (Wildman–Crippen MR) is 124 cm³/mol. The van der Waals surface area contributed by atoms with E-state index in [9.17, 15) is 15.0 Å². The van der Waals surface area contributed by atoms with E-state index in [0.29, 0.717) is 5.58 Å². The van der Waals surface area contributed by atoms with E-state index in [2.05, 4.69) is 26.0 Å². The van der Waals surface area contributed by atoms with Crippen molar-refractivity contribution < 1.29 is 24.2 Å². The van der Waals surface area contributed by atoms with Crippen LogP contribution in [0.3, 0.4) is 0 Å². The maximum Gasteiger partial charge on any atom is 0.150 e. The smallest absolute Gasteiger partial charge is 0.150 e. The zero-order valence-electron chi connectivity index (χ0n) is 19.8. The second-order valence-corrected chi connectivity index (χ2v) is 9.61. The minimum absolute atomic E-state index is 0.162. The Balaban J connectivity index is 1.96. The number of aliphatic hydroxyl groups is 1. The third-order valence-corrected chi connectivity index (χ3v) is 6.60. The highest BCUT2D eigenvalue weighted by Gasteiger charge is 2.32. The highest BCUT2D eigenvalue weighted by molar-refractivity contribution is 5.90. The quantitative estimate of drug-likeness (QED) is 0.536. The lowest BCUT2D eigenvalue weighted by atomic mass is 9.70. The summed E-state index contributed by atoms with van der Waals surface area (Å²) in [5.41, 5.74) is 3.35. The maximum atomic E-state index is 11.2. The van der Waals surface area contributed by atoms with Crippen molar-refractivity contribution >= 4 is 16.9 Å². The minimum atomic E-state index is -1.32. The molecule has 0 fully saturated rings. The fraction of sp³-hybridized carbons (Fsp3) is 0.444. The molecule has 172 valence electrons. The zero-order valence-corrected chi connectivity index (χ0v) is 19.8. The van der Waals surface area contributed by atoms with Crippen molar-refractivity contribution in [2.75, 3.05) is 6.61 Å².